The predicted molar refractivity (Wildman–Crippen MR) is 108 cm³/mol. The molecule has 0 aliphatic rings. The average Bonchev–Trinajstić information content (AvgIpc) is 3.06. The Bertz CT molecular complexity index is 1210. The van der Waals surface area contributed by atoms with Crippen LogP contribution in [-0.4, -0.2) is 11.0 Å². The summed E-state index contributed by atoms with van der Waals surface area (Å²) < 4.78 is 18.5. The quantitative estimate of drug-likeness (QED) is 0.455. The van der Waals surface area contributed by atoms with Crippen molar-refractivity contribution in [2.45, 2.75) is 6.61 Å². The van der Waals surface area contributed by atoms with Crippen LogP contribution < -0.4 is 5.56 Å². The van der Waals surface area contributed by atoms with Gasteiger partial charge in [0.25, 0.3) is 0 Å². The van der Waals surface area contributed by atoms with Crippen molar-refractivity contribution in [1.82, 2.24) is 4.98 Å². The monoisotopic (exact) mass is 413 g/mol. The number of H-pyrrole nitrogens is 1. The van der Waals surface area contributed by atoms with Crippen LogP contribution in [0.3, 0.4) is 0 Å². The van der Waals surface area contributed by atoms with Gasteiger partial charge in [-0.15, -0.1) is 11.3 Å². The Labute approximate surface area is 168 Å². The van der Waals surface area contributed by atoms with Crippen molar-refractivity contribution in [1.29, 1.82) is 0 Å². The number of hydrogen-bond acceptors (Lipinski definition) is 4. The molecule has 4 aromatic rings. The van der Waals surface area contributed by atoms with Gasteiger partial charge in [-0.25, -0.2) is 9.18 Å². The third kappa shape index (κ3) is 3.69. The van der Waals surface area contributed by atoms with Crippen molar-refractivity contribution in [3.8, 4) is 11.1 Å². The fourth-order valence-electron chi connectivity index (χ4n) is 2.85. The number of ether oxygens (including phenoxy) is 1. The van der Waals surface area contributed by atoms with Crippen LogP contribution in [0.25, 0.3) is 21.3 Å². The highest BCUT2D eigenvalue weighted by atomic mass is 35.5. The molecule has 2 heterocycles. The molecule has 0 fully saturated rings. The molecule has 1 N–H and O–H groups in total. The van der Waals surface area contributed by atoms with Crippen molar-refractivity contribution in [3.05, 3.63) is 92.3 Å². The second-order valence-electron chi connectivity index (χ2n) is 6.08. The molecule has 0 amide bonds. The molecule has 4 nitrogen and oxygen atoms in total. The Morgan fingerprint density at radius 3 is 2.46 bits per heavy atom. The fourth-order valence-corrected chi connectivity index (χ4v) is 4.08. The first-order valence-electron chi connectivity index (χ1n) is 8.34. The normalized spacial score (nSPS) is 10.9. The van der Waals surface area contributed by atoms with Crippen molar-refractivity contribution >= 4 is 39.1 Å². The SMILES string of the molecule is O=C(OCc1ccc(F)cc1)c1sc2[nH]c(=O)ccc2c1-c1ccc(Cl)cc1. The molecule has 2 aromatic heterocycles. The molecule has 7 heteroatoms. The summed E-state index contributed by atoms with van der Waals surface area (Å²) in [5.74, 6) is -0.870. The van der Waals surface area contributed by atoms with Crippen LogP contribution in [0.2, 0.25) is 5.02 Å². The van der Waals surface area contributed by atoms with Crippen molar-refractivity contribution in [2.75, 3.05) is 0 Å². The van der Waals surface area contributed by atoms with Gasteiger partial charge in [-0.3, -0.25) is 4.79 Å². The summed E-state index contributed by atoms with van der Waals surface area (Å²) in [6, 6.07) is 15.9. The number of halogens is 2. The van der Waals surface area contributed by atoms with E-state index in [4.69, 9.17) is 16.3 Å². The lowest BCUT2D eigenvalue weighted by molar-refractivity contribution is 0.0479. The maximum atomic E-state index is 13.0. The topological polar surface area (TPSA) is 59.2 Å². The number of nitrogens with one attached hydrogen (secondary N) is 1. The number of thiophene rings is 1. The second kappa shape index (κ2) is 7.58. The van der Waals surface area contributed by atoms with Gasteiger partial charge in [0, 0.05) is 22.0 Å². The van der Waals surface area contributed by atoms with E-state index in [-0.39, 0.29) is 18.0 Å². The van der Waals surface area contributed by atoms with E-state index in [2.05, 4.69) is 4.98 Å². The molecule has 0 spiro atoms. The number of hydrogen-bond donors (Lipinski definition) is 1. The molecule has 28 heavy (non-hydrogen) atoms. The van der Waals surface area contributed by atoms with Crippen molar-refractivity contribution in [2.24, 2.45) is 0 Å². The van der Waals surface area contributed by atoms with Crippen LogP contribution in [0.15, 0.2) is 65.5 Å². The highest BCUT2D eigenvalue weighted by Crippen LogP contribution is 2.38. The lowest BCUT2D eigenvalue weighted by atomic mass is 10.0. The molecule has 0 saturated carbocycles. The molecular weight excluding hydrogens is 401 g/mol. The van der Waals surface area contributed by atoms with Crippen molar-refractivity contribution in [3.63, 3.8) is 0 Å². The van der Waals surface area contributed by atoms with Gasteiger partial charge in [-0.05, 0) is 41.5 Å². The minimum absolute atomic E-state index is 0.0178. The number of rotatable bonds is 4. The Morgan fingerprint density at radius 1 is 1.04 bits per heavy atom. The maximum Gasteiger partial charge on any atom is 0.349 e. The van der Waals surface area contributed by atoms with Gasteiger partial charge in [0.15, 0.2) is 0 Å². The Morgan fingerprint density at radius 2 is 1.75 bits per heavy atom. The highest BCUT2D eigenvalue weighted by Gasteiger charge is 2.21. The number of pyridine rings is 1. The van der Waals surface area contributed by atoms with E-state index in [0.717, 1.165) is 22.3 Å². The molecule has 0 aliphatic carbocycles. The first-order valence-corrected chi connectivity index (χ1v) is 9.54. The third-order valence-electron chi connectivity index (χ3n) is 4.18. The number of benzene rings is 2. The number of aromatic amines is 1. The molecule has 4 rings (SSSR count). The fraction of sp³-hybridized carbons (Fsp3) is 0.0476. The first-order chi connectivity index (χ1) is 13.5. The van der Waals surface area contributed by atoms with E-state index in [9.17, 15) is 14.0 Å². The molecule has 0 bridgehead atoms. The summed E-state index contributed by atoms with van der Waals surface area (Å²) in [7, 11) is 0. The molecule has 2 aromatic carbocycles. The highest BCUT2D eigenvalue weighted by molar-refractivity contribution is 7.21. The summed E-state index contributed by atoms with van der Waals surface area (Å²) in [5.41, 5.74) is 1.90. The van der Waals surface area contributed by atoms with E-state index < -0.39 is 5.97 Å². The van der Waals surface area contributed by atoms with E-state index in [0.29, 0.717) is 25.9 Å². The largest absolute Gasteiger partial charge is 0.457 e. The number of carbonyl (C=O) groups is 1. The summed E-state index contributed by atoms with van der Waals surface area (Å²) in [6.45, 7) is 0.0178. The standard InChI is InChI=1S/C21H13ClFNO3S/c22-14-5-3-13(4-6-14)18-16-9-10-17(25)24-20(16)28-19(18)21(26)27-11-12-1-7-15(23)8-2-12/h1-10H,11H2,(H,24,25). The number of aromatic nitrogens is 1. The summed E-state index contributed by atoms with van der Waals surface area (Å²) in [4.78, 5) is 28.2. The molecule has 0 unspecified atom stereocenters. The molecule has 0 radical (unpaired) electrons. The van der Waals surface area contributed by atoms with Gasteiger partial charge in [-0.1, -0.05) is 35.9 Å². The average molecular weight is 414 g/mol. The van der Waals surface area contributed by atoms with Gasteiger partial charge in [0.2, 0.25) is 5.56 Å². The van der Waals surface area contributed by atoms with Crippen molar-refractivity contribution < 1.29 is 13.9 Å². The maximum absolute atomic E-state index is 13.0. The van der Waals surface area contributed by atoms with Crippen LogP contribution in [-0.2, 0) is 11.3 Å². The van der Waals surface area contributed by atoms with Gasteiger partial charge in [0.05, 0.1) is 0 Å². The number of carbonyl (C=O) groups excluding carboxylic acids is 1. The zero-order valence-corrected chi connectivity index (χ0v) is 15.9. The van der Waals surface area contributed by atoms with Crippen LogP contribution in [0.1, 0.15) is 15.2 Å². The van der Waals surface area contributed by atoms with Gasteiger partial charge in [0.1, 0.15) is 22.1 Å². The Hall–Kier alpha value is -2.96. The van der Waals surface area contributed by atoms with E-state index in [1.165, 1.54) is 18.2 Å². The number of esters is 1. The smallest absolute Gasteiger partial charge is 0.349 e. The van der Waals surface area contributed by atoms with Gasteiger partial charge >= 0.3 is 5.97 Å². The van der Waals surface area contributed by atoms with Crippen LogP contribution in [0.4, 0.5) is 4.39 Å². The lowest BCUT2D eigenvalue weighted by Gasteiger charge is -2.07. The van der Waals surface area contributed by atoms with E-state index in [1.54, 1.807) is 30.3 Å². The minimum Gasteiger partial charge on any atom is -0.457 e. The second-order valence-corrected chi connectivity index (χ2v) is 7.54. The Kier molecular flexibility index (Phi) is 4.98. The summed E-state index contributed by atoms with van der Waals surface area (Å²) >= 11 is 7.14. The number of fused-ring (bicyclic) bond motifs is 1. The summed E-state index contributed by atoms with van der Waals surface area (Å²) in [5, 5.41) is 1.33. The van der Waals surface area contributed by atoms with E-state index in [1.807, 2.05) is 12.1 Å². The van der Waals surface area contributed by atoms with E-state index >= 15 is 0 Å². The lowest BCUT2D eigenvalue weighted by Crippen LogP contribution is -2.04. The van der Waals surface area contributed by atoms with Crippen LogP contribution >= 0.6 is 22.9 Å². The molecular formula is C21H13ClFNO3S. The molecule has 140 valence electrons. The molecule has 0 atom stereocenters. The van der Waals surface area contributed by atoms with Crippen LogP contribution in [0, 0.1) is 5.82 Å². The molecule has 0 aliphatic heterocycles. The zero-order chi connectivity index (χ0) is 19.7. The minimum atomic E-state index is -0.517. The Balaban J connectivity index is 1.73. The predicted octanol–water partition coefficient (Wildman–Crippen LogP) is 5.41. The van der Waals surface area contributed by atoms with Gasteiger partial charge < -0.3 is 9.72 Å². The summed E-state index contributed by atoms with van der Waals surface area (Å²) in [6.07, 6.45) is 0. The van der Waals surface area contributed by atoms with Crippen LogP contribution in [0.5, 0.6) is 0 Å². The zero-order valence-electron chi connectivity index (χ0n) is 14.4. The third-order valence-corrected chi connectivity index (χ3v) is 5.54. The van der Waals surface area contributed by atoms with Gasteiger partial charge in [-0.2, -0.15) is 0 Å². The molecule has 0 saturated heterocycles. The first kappa shape index (κ1) is 18.4.